The van der Waals surface area contributed by atoms with E-state index in [4.69, 9.17) is 0 Å². The summed E-state index contributed by atoms with van der Waals surface area (Å²) in [5.41, 5.74) is 4.01. The maximum atomic E-state index is 14.7. The van der Waals surface area contributed by atoms with E-state index in [9.17, 15) is 24.3 Å². The molecule has 0 saturated carbocycles. The minimum Gasteiger partial charge on any atom is -0.508 e. The van der Waals surface area contributed by atoms with Crippen molar-refractivity contribution < 1.29 is 24.3 Å². The van der Waals surface area contributed by atoms with Crippen molar-refractivity contribution in [3.05, 3.63) is 114 Å². The molecule has 3 fully saturated rings. The van der Waals surface area contributed by atoms with Crippen LogP contribution in [0.5, 0.6) is 5.75 Å². The number of aromatic nitrogens is 1. The van der Waals surface area contributed by atoms with E-state index in [0.717, 1.165) is 60.2 Å². The average molecular weight is 790 g/mol. The summed E-state index contributed by atoms with van der Waals surface area (Å²) < 4.78 is 1.96. The van der Waals surface area contributed by atoms with E-state index in [1.165, 1.54) is 0 Å². The first-order chi connectivity index (χ1) is 28.0. The molecule has 0 spiro atoms. The molecular weight excluding hydrogens is 735 g/mol. The van der Waals surface area contributed by atoms with Crippen molar-refractivity contribution in [2.75, 3.05) is 73.0 Å². The summed E-state index contributed by atoms with van der Waals surface area (Å²) in [5, 5.41) is 17.1. The predicted octanol–water partition coefficient (Wildman–Crippen LogP) is 3.33. The Morgan fingerprint density at radius 1 is 0.948 bits per heavy atom. The van der Waals surface area contributed by atoms with Crippen LogP contribution in [0.3, 0.4) is 0 Å². The van der Waals surface area contributed by atoms with Gasteiger partial charge in [-0.3, -0.25) is 19.3 Å². The molecular formula is C44H55N9O5. The number of hydrogen-bond donors (Lipinski definition) is 2. The van der Waals surface area contributed by atoms with Crippen LogP contribution in [0.15, 0.2) is 91.6 Å². The van der Waals surface area contributed by atoms with Crippen molar-refractivity contribution in [3.8, 4) is 5.75 Å². The van der Waals surface area contributed by atoms with Crippen LogP contribution in [0.1, 0.15) is 33.5 Å². The van der Waals surface area contributed by atoms with Gasteiger partial charge in [0.25, 0.3) is 5.91 Å². The minimum absolute atomic E-state index is 0.00507. The largest absolute Gasteiger partial charge is 0.508 e. The molecule has 7 rings (SSSR count). The number of benzene rings is 3. The van der Waals surface area contributed by atoms with Gasteiger partial charge in [-0.1, -0.05) is 66.7 Å². The average Bonchev–Trinajstić information content (AvgIpc) is 3.56. The number of hydrogen-bond acceptors (Lipinski definition) is 8. The Bertz CT molecular complexity index is 2110. The van der Waals surface area contributed by atoms with Crippen LogP contribution in [-0.4, -0.2) is 153 Å². The molecule has 2 N–H and O–H groups in total. The topological polar surface area (TPSA) is 128 Å². The van der Waals surface area contributed by atoms with E-state index in [-0.39, 0.29) is 62.6 Å². The van der Waals surface area contributed by atoms with Crippen molar-refractivity contribution in [1.29, 1.82) is 0 Å². The van der Waals surface area contributed by atoms with Crippen LogP contribution in [0.4, 0.5) is 4.79 Å². The molecule has 4 heterocycles. The van der Waals surface area contributed by atoms with Gasteiger partial charge < -0.3 is 34.6 Å². The Morgan fingerprint density at radius 2 is 1.69 bits per heavy atom. The van der Waals surface area contributed by atoms with E-state index in [1.54, 1.807) is 50.2 Å². The summed E-state index contributed by atoms with van der Waals surface area (Å²) >= 11 is 0. The lowest BCUT2D eigenvalue weighted by Crippen LogP contribution is -2.76. The fourth-order valence-corrected chi connectivity index (χ4v) is 8.57. The van der Waals surface area contributed by atoms with Crippen molar-refractivity contribution >= 4 is 34.7 Å². The number of piperazine rings is 2. The zero-order chi connectivity index (χ0) is 40.9. The zero-order valence-electron chi connectivity index (χ0n) is 33.8. The second kappa shape index (κ2) is 17.8. The molecule has 0 bridgehead atoms. The number of carbonyl (C=O) groups excluding carboxylic acids is 4. The number of phenolic OH excluding ortho intramolecular Hbond substituents is 1. The van der Waals surface area contributed by atoms with Crippen molar-refractivity contribution in [1.82, 2.24) is 44.4 Å². The molecule has 1 aromatic heterocycles. The Balaban J connectivity index is 1.17. The normalized spacial score (nSPS) is 19.2. The first kappa shape index (κ1) is 40.5. The number of nitrogens with one attached hydrogen (secondary N) is 1. The molecule has 3 saturated heterocycles. The first-order valence-electron chi connectivity index (χ1n) is 20.1. The highest BCUT2D eigenvalue weighted by molar-refractivity contribution is 6.07. The smallest absolute Gasteiger partial charge is 0.334 e. The highest BCUT2D eigenvalue weighted by atomic mass is 16.3. The van der Waals surface area contributed by atoms with Gasteiger partial charge in [-0.2, -0.15) is 0 Å². The molecule has 3 aliphatic heterocycles. The number of phenols is 1. The Morgan fingerprint density at radius 3 is 2.40 bits per heavy atom. The van der Waals surface area contributed by atoms with Gasteiger partial charge in [-0.15, -0.1) is 6.58 Å². The number of carbonyl (C=O) groups is 4. The van der Waals surface area contributed by atoms with Gasteiger partial charge in [0.15, 0.2) is 0 Å². The third kappa shape index (κ3) is 8.74. The van der Waals surface area contributed by atoms with Gasteiger partial charge in [-0.25, -0.2) is 14.8 Å². The number of nitrogens with zero attached hydrogens (tertiary/aromatic N) is 8. The van der Waals surface area contributed by atoms with Gasteiger partial charge in [0.2, 0.25) is 11.8 Å². The van der Waals surface area contributed by atoms with Gasteiger partial charge in [0.05, 0.1) is 24.2 Å². The summed E-state index contributed by atoms with van der Waals surface area (Å²) in [4.78, 5) is 66.9. The van der Waals surface area contributed by atoms with Crippen LogP contribution in [0.25, 0.3) is 10.9 Å². The minimum atomic E-state index is -0.919. The fourth-order valence-electron chi connectivity index (χ4n) is 8.57. The van der Waals surface area contributed by atoms with Crippen LogP contribution in [0.2, 0.25) is 0 Å². The molecule has 14 nitrogen and oxygen atoms in total. The molecule has 5 amide bonds. The number of aromatic hydroxyl groups is 1. The standard InChI is InChI=1S/C44H55N9O5/c1-5-19-51-31-40(55)52-38(26-32-15-17-35(54)18-16-32)43(57)50(30-39(52)53(51)44(58)45-27-33-11-7-6-8-12-33)28-34-13-9-14-36-37(29-47(4)41(34)36)42(56)49-24-22-48(23-25-49)21-10-20-46(2)3/h5-9,11-18,29,38-39,54H,1,10,19-28,30-31H2,2-4H3,(H,45,58)/t38-,39-/m0/s1. The van der Waals surface area contributed by atoms with Crippen molar-refractivity contribution in [2.24, 2.45) is 7.05 Å². The molecule has 58 heavy (non-hydrogen) atoms. The monoisotopic (exact) mass is 789 g/mol. The maximum Gasteiger partial charge on any atom is 0.334 e. The highest BCUT2D eigenvalue weighted by Gasteiger charge is 2.51. The van der Waals surface area contributed by atoms with Crippen molar-refractivity contribution in [3.63, 3.8) is 0 Å². The van der Waals surface area contributed by atoms with Gasteiger partial charge in [-0.05, 0) is 62.4 Å². The van der Waals surface area contributed by atoms with Gasteiger partial charge >= 0.3 is 6.03 Å². The highest BCUT2D eigenvalue weighted by Crippen LogP contribution is 2.32. The number of hydrazine groups is 1. The second-order valence-corrected chi connectivity index (χ2v) is 15.8. The first-order valence-corrected chi connectivity index (χ1v) is 20.1. The number of rotatable bonds is 13. The molecule has 0 radical (unpaired) electrons. The molecule has 3 aliphatic rings. The molecule has 14 heteroatoms. The second-order valence-electron chi connectivity index (χ2n) is 15.8. The lowest BCUT2D eigenvalue weighted by Gasteiger charge is -2.55. The Kier molecular flexibility index (Phi) is 12.5. The van der Waals surface area contributed by atoms with Gasteiger partial charge in [0.1, 0.15) is 18.0 Å². The number of aryl methyl sites for hydroxylation is 1. The Labute approximate surface area is 340 Å². The summed E-state index contributed by atoms with van der Waals surface area (Å²) in [6.45, 7) is 9.61. The van der Waals surface area contributed by atoms with E-state index >= 15 is 0 Å². The van der Waals surface area contributed by atoms with Gasteiger partial charge in [0, 0.05) is 70.9 Å². The molecule has 306 valence electrons. The molecule has 0 unspecified atom stereocenters. The third-order valence-corrected chi connectivity index (χ3v) is 11.4. The number of urea groups is 1. The molecule has 3 aromatic carbocycles. The van der Waals surface area contributed by atoms with Crippen LogP contribution in [0, 0.1) is 0 Å². The third-order valence-electron chi connectivity index (χ3n) is 11.4. The SMILES string of the molecule is C=CCN1CC(=O)N2[C@@H](Cc3ccc(O)cc3)C(=O)N(Cc3cccc4c(C(=O)N5CCN(CCCN(C)C)CC5)cn(C)c34)C[C@@H]2N1C(=O)NCc1ccccc1. The van der Waals surface area contributed by atoms with E-state index in [2.05, 4.69) is 35.8 Å². The molecule has 0 aliphatic carbocycles. The lowest BCUT2D eigenvalue weighted by molar-refractivity contribution is -0.189. The van der Waals surface area contributed by atoms with E-state index < -0.39 is 18.2 Å². The maximum absolute atomic E-state index is 14.7. The summed E-state index contributed by atoms with van der Waals surface area (Å²) in [7, 11) is 6.09. The summed E-state index contributed by atoms with van der Waals surface area (Å²) in [6.07, 6.45) is 4.00. The summed E-state index contributed by atoms with van der Waals surface area (Å²) in [6, 6.07) is 20.7. The Hall–Kier alpha value is -5.70. The van der Waals surface area contributed by atoms with E-state index in [1.807, 2.05) is 71.2 Å². The van der Waals surface area contributed by atoms with Crippen molar-refractivity contribution in [2.45, 2.75) is 38.1 Å². The number of amides is 5. The number of fused-ring (bicyclic) bond motifs is 2. The van der Waals surface area contributed by atoms with Crippen LogP contribution >= 0.6 is 0 Å². The predicted molar refractivity (Wildman–Crippen MR) is 222 cm³/mol. The fraction of sp³-hybridized carbons (Fsp3) is 0.409. The van der Waals surface area contributed by atoms with Crippen LogP contribution < -0.4 is 5.32 Å². The molecule has 4 aromatic rings. The van der Waals surface area contributed by atoms with Crippen LogP contribution in [-0.2, 0) is 36.1 Å². The zero-order valence-corrected chi connectivity index (χ0v) is 33.8. The lowest BCUT2D eigenvalue weighted by atomic mass is 9.98. The summed E-state index contributed by atoms with van der Waals surface area (Å²) in [5.74, 6) is -0.419. The molecule has 2 atom stereocenters. The quantitative estimate of drug-likeness (QED) is 0.198. The van der Waals surface area contributed by atoms with E-state index in [0.29, 0.717) is 18.7 Å². The number of para-hydroxylation sites is 1.